The summed E-state index contributed by atoms with van der Waals surface area (Å²) in [6.45, 7) is 3.79. The van der Waals surface area contributed by atoms with Crippen LogP contribution in [-0.2, 0) is 16.1 Å². The Balaban J connectivity index is 2.81. The van der Waals surface area contributed by atoms with Crippen molar-refractivity contribution in [3.05, 3.63) is 33.8 Å². The Kier molecular flexibility index (Phi) is 6.84. The van der Waals surface area contributed by atoms with Gasteiger partial charge in [-0.25, -0.2) is 4.79 Å². The van der Waals surface area contributed by atoms with E-state index in [9.17, 15) is 9.59 Å². The van der Waals surface area contributed by atoms with Crippen LogP contribution in [0, 0.1) is 0 Å². The number of methoxy groups -OCH3 is 1. The summed E-state index contributed by atoms with van der Waals surface area (Å²) in [7, 11) is 4.85. The highest BCUT2D eigenvalue weighted by molar-refractivity contribution is 9.10. The second-order valence-electron chi connectivity index (χ2n) is 4.89. The van der Waals surface area contributed by atoms with Gasteiger partial charge in [0.15, 0.2) is 0 Å². The third-order valence-electron chi connectivity index (χ3n) is 3.17. The standard InChI is InChI=1S/C15H21BrN2O3/c1-5-18(10-14(19)17(2)3)9-12-7-6-11(8-13(12)16)15(20)21-4/h6-8H,5,9-10H2,1-4H3. The minimum absolute atomic E-state index is 0.0687. The zero-order chi connectivity index (χ0) is 16.0. The first-order valence-electron chi connectivity index (χ1n) is 6.68. The topological polar surface area (TPSA) is 49.9 Å². The van der Waals surface area contributed by atoms with Crippen LogP contribution in [0.3, 0.4) is 0 Å². The van der Waals surface area contributed by atoms with Crippen molar-refractivity contribution in [2.45, 2.75) is 13.5 Å². The predicted octanol–water partition coefficient (Wildman–Crippen LogP) is 2.15. The number of hydrogen-bond acceptors (Lipinski definition) is 4. The van der Waals surface area contributed by atoms with Crippen LogP contribution in [0.2, 0.25) is 0 Å². The van der Waals surface area contributed by atoms with Crippen LogP contribution in [0.4, 0.5) is 0 Å². The lowest BCUT2D eigenvalue weighted by atomic mass is 10.1. The van der Waals surface area contributed by atoms with Crippen LogP contribution in [-0.4, -0.2) is 56.0 Å². The number of carbonyl (C=O) groups is 2. The lowest BCUT2D eigenvalue weighted by molar-refractivity contribution is -0.130. The van der Waals surface area contributed by atoms with E-state index in [4.69, 9.17) is 4.74 Å². The van der Waals surface area contributed by atoms with Gasteiger partial charge in [0.05, 0.1) is 19.2 Å². The normalized spacial score (nSPS) is 10.6. The van der Waals surface area contributed by atoms with E-state index in [0.717, 1.165) is 16.6 Å². The van der Waals surface area contributed by atoms with Crippen molar-refractivity contribution in [1.29, 1.82) is 0 Å². The smallest absolute Gasteiger partial charge is 0.337 e. The van der Waals surface area contributed by atoms with Crippen molar-refractivity contribution < 1.29 is 14.3 Å². The fourth-order valence-electron chi connectivity index (χ4n) is 1.77. The van der Waals surface area contributed by atoms with Gasteiger partial charge in [-0.05, 0) is 24.2 Å². The number of amides is 1. The SMILES string of the molecule is CCN(CC(=O)N(C)C)Cc1ccc(C(=O)OC)cc1Br. The molecular weight excluding hydrogens is 336 g/mol. The van der Waals surface area contributed by atoms with Gasteiger partial charge < -0.3 is 9.64 Å². The highest BCUT2D eigenvalue weighted by atomic mass is 79.9. The molecule has 0 saturated carbocycles. The van der Waals surface area contributed by atoms with Crippen LogP contribution >= 0.6 is 15.9 Å². The van der Waals surface area contributed by atoms with E-state index < -0.39 is 0 Å². The Hall–Kier alpha value is -1.40. The lowest BCUT2D eigenvalue weighted by Gasteiger charge is -2.22. The molecule has 0 bridgehead atoms. The molecule has 0 unspecified atom stereocenters. The molecule has 0 aromatic heterocycles. The number of esters is 1. The van der Waals surface area contributed by atoms with E-state index in [1.807, 2.05) is 17.9 Å². The molecule has 1 aromatic rings. The summed E-state index contributed by atoms with van der Waals surface area (Å²) in [6, 6.07) is 5.34. The summed E-state index contributed by atoms with van der Waals surface area (Å²) >= 11 is 3.47. The first-order valence-corrected chi connectivity index (χ1v) is 7.47. The molecule has 116 valence electrons. The van der Waals surface area contributed by atoms with Gasteiger partial charge in [0, 0.05) is 25.1 Å². The molecule has 0 aliphatic rings. The Morgan fingerprint density at radius 1 is 1.29 bits per heavy atom. The molecule has 5 nitrogen and oxygen atoms in total. The van der Waals surface area contributed by atoms with Gasteiger partial charge in [0.1, 0.15) is 0 Å². The van der Waals surface area contributed by atoms with Crippen molar-refractivity contribution in [1.82, 2.24) is 9.80 Å². The van der Waals surface area contributed by atoms with E-state index in [1.165, 1.54) is 7.11 Å². The van der Waals surface area contributed by atoms with Crippen LogP contribution < -0.4 is 0 Å². The van der Waals surface area contributed by atoms with Gasteiger partial charge in [0.2, 0.25) is 5.91 Å². The number of ether oxygens (including phenoxy) is 1. The van der Waals surface area contributed by atoms with E-state index in [1.54, 1.807) is 31.1 Å². The number of hydrogen-bond donors (Lipinski definition) is 0. The first-order chi connectivity index (χ1) is 9.88. The molecule has 0 fully saturated rings. The molecule has 21 heavy (non-hydrogen) atoms. The minimum atomic E-state index is -0.364. The molecule has 1 rings (SSSR count). The molecule has 0 spiro atoms. The largest absolute Gasteiger partial charge is 0.465 e. The molecule has 0 aliphatic heterocycles. The predicted molar refractivity (Wildman–Crippen MR) is 85.1 cm³/mol. The Morgan fingerprint density at radius 3 is 2.43 bits per heavy atom. The van der Waals surface area contributed by atoms with E-state index in [-0.39, 0.29) is 11.9 Å². The quantitative estimate of drug-likeness (QED) is 0.732. The minimum Gasteiger partial charge on any atom is -0.465 e. The summed E-state index contributed by atoms with van der Waals surface area (Å²) in [5.74, 6) is -0.295. The maximum absolute atomic E-state index is 11.8. The van der Waals surface area contributed by atoms with Crippen LogP contribution in [0.1, 0.15) is 22.8 Å². The summed E-state index contributed by atoms with van der Waals surface area (Å²) in [4.78, 5) is 26.9. The number of likely N-dealkylation sites (N-methyl/N-ethyl adjacent to an activating group) is 2. The van der Waals surface area contributed by atoms with Crippen molar-refractivity contribution in [2.24, 2.45) is 0 Å². The molecule has 1 amide bonds. The Bertz CT molecular complexity index is 518. The average Bonchev–Trinajstić information content (AvgIpc) is 2.47. The second-order valence-corrected chi connectivity index (χ2v) is 5.74. The van der Waals surface area contributed by atoms with Gasteiger partial charge >= 0.3 is 5.97 Å². The highest BCUT2D eigenvalue weighted by Crippen LogP contribution is 2.21. The molecule has 0 atom stereocenters. The van der Waals surface area contributed by atoms with Crippen molar-refractivity contribution in [3.8, 4) is 0 Å². The van der Waals surface area contributed by atoms with Crippen molar-refractivity contribution >= 4 is 27.8 Å². The van der Waals surface area contributed by atoms with Crippen LogP contribution in [0.25, 0.3) is 0 Å². The molecular formula is C15H21BrN2O3. The van der Waals surface area contributed by atoms with Crippen molar-refractivity contribution in [2.75, 3.05) is 34.3 Å². The zero-order valence-electron chi connectivity index (χ0n) is 12.9. The third-order valence-corrected chi connectivity index (χ3v) is 3.91. The summed E-state index contributed by atoms with van der Waals surface area (Å²) in [6.07, 6.45) is 0. The Labute approximate surface area is 134 Å². The van der Waals surface area contributed by atoms with Crippen LogP contribution in [0.5, 0.6) is 0 Å². The monoisotopic (exact) mass is 356 g/mol. The first kappa shape index (κ1) is 17.7. The van der Waals surface area contributed by atoms with Gasteiger partial charge in [-0.1, -0.05) is 28.9 Å². The Morgan fingerprint density at radius 2 is 1.95 bits per heavy atom. The molecule has 0 aliphatic carbocycles. The number of halogens is 1. The fraction of sp³-hybridized carbons (Fsp3) is 0.467. The number of rotatable bonds is 6. The average molecular weight is 357 g/mol. The van der Waals surface area contributed by atoms with Crippen LogP contribution in [0.15, 0.2) is 22.7 Å². The zero-order valence-corrected chi connectivity index (χ0v) is 14.4. The van der Waals surface area contributed by atoms with Gasteiger partial charge in [-0.15, -0.1) is 0 Å². The summed E-state index contributed by atoms with van der Waals surface area (Å²) in [5.41, 5.74) is 1.52. The van der Waals surface area contributed by atoms with E-state index in [2.05, 4.69) is 15.9 Å². The fourth-order valence-corrected chi connectivity index (χ4v) is 2.28. The molecule has 0 N–H and O–H groups in total. The number of nitrogens with zero attached hydrogens (tertiary/aromatic N) is 2. The summed E-state index contributed by atoms with van der Waals surface area (Å²) in [5, 5.41) is 0. The van der Waals surface area contributed by atoms with Gasteiger partial charge in [-0.3, -0.25) is 9.69 Å². The number of benzene rings is 1. The summed E-state index contributed by atoms with van der Waals surface area (Å²) < 4.78 is 5.53. The maximum Gasteiger partial charge on any atom is 0.337 e. The van der Waals surface area contributed by atoms with E-state index >= 15 is 0 Å². The third kappa shape index (κ3) is 5.13. The number of carbonyl (C=O) groups excluding carboxylic acids is 2. The molecule has 0 heterocycles. The molecule has 0 radical (unpaired) electrons. The van der Waals surface area contributed by atoms with Gasteiger partial charge in [0.25, 0.3) is 0 Å². The maximum atomic E-state index is 11.8. The van der Waals surface area contributed by atoms with Gasteiger partial charge in [-0.2, -0.15) is 0 Å². The molecule has 6 heteroatoms. The lowest BCUT2D eigenvalue weighted by Crippen LogP contribution is -2.36. The molecule has 0 saturated heterocycles. The second kappa shape index (κ2) is 8.14. The van der Waals surface area contributed by atoms with E-state index in [0.29, 0.717) is 18.7 Å². The molecule has 1 aromatic carbocycles. The van der Waals surface area contributed by atoms with Crippen molar-refractivity contribution in [3.63, 3.8) is 0 Å². The highest BCUT2D eigenvalue weighted by Gasteiger charge is 2.14.